The first-order valence-corrected chi connectivity index (χ1v) is 11.2. The summed E-state index contributed by atoms with van der Waals surface area (Å²) in [6.45, 7) is 0.655. The number of carbonyl (C=O) groups is 2. The Morgan fingerprint density at radius 1 is 1.07 bits per heavy atom. The molecule has 1 saturated heterocycles. The first-order chi connectivity index (χ1) is 14.4. The summed E-state index contributed by atoms with van der Waals surface area (Å²) in [5, 5.41) is 4.98. The summed E-state index contributed by atoms with van der Waals surface area (Å²) < 4.78 is 31.9. The molecule has 1 fully saturated rings. The molecule has 0 atom stereocenters. The lowest BCUT2D eigenvalue weighted by Crippen LogP contribution is -2.33. The van der Waals surface area contributed by atoms with Crippen molar-refractivity contribution in [1.82, 2.24) is 9.62 Å². The molecule has 3 rings (SSSR count). The number of halogens is 1. The van der Waals surface area contributed by atoms with Crippen molar-refractivity contribution in [3.8, 4) is 0 Å². The van der Waals surface area contributed by atoms with E-state index in [0.717, 1.165) is 18.4 Å². The highest BCUT2D eigenvalue weighted by Gasteiger charge is 2.29. The summed E-state index contributed by atoms with van der Waals surface area (Å²) in [5.41, 5.74) is 1.09. The van der Waals surface area contributed by atoms with Gasteiger partial charge in [-0.05, 0) is 36.6 Å². The van der Waals surface area contributed by atoms with E-state index in [1.807, 2.05) is 30.3 Å². The molecule has 0 bridgehead atoms. The summed E-state index contributed by atoms with van der Waals surface area (Å²) in [5.74, 6) is -0.529. The highest BCUT2D eigenvalue weighted by molar-refractivity contribution is 7.89. The molecule has 2 N–H and O–H groups in total. The Morgan fingerprint density at radius 2 is 1.77 bits per heavy atom. The largest absolute Gasteiger partial charge is 0.445 e. The number of hydrogen-bond donors (Lipinski definition) is 2. The summed E-state index contributed by atoms with van der Waals surface area (Å²) in [4.78, 5) is 23.8. The van der Waals surface area contributed by atoms with E-state index in [9.17, 15) is 18.0 Å². The zero-order chi connectivity index (χ0) is 21.6. The smallest absolute Gasteiger partial charge is 0.407 e. The maximum atomic E-state index is 12.8. The second-order valence-corrected chi connectivity index (χ2v) is 9.03. The van der Waals surface area contributed by atoms with Gasteiger partial charge in [-0.1, -0.05) is 41.9 Å². The van der Waals surface area contributed by atoms with E-state index in [4.69, 9.17) is 16.3 Å². The molecule has 1 aliphatic heterocycles. The van der Waals surface area contributed by atoms with Crippen molar-refractivity contribution < 1.29 is 22.7 Å². The van der Waals surface area contributed by atoms with Crippen molar-refractivity contribution >= 4 is 39.3 Å². The molecule has 2 amide bonds. The molecule has 0 saturated carbocycles. The number of nitrogens with one attached hydrogen (secondary N) is 2. The van der Waals surface area contributed by atoms with Gasteiger partial charge in [-0.3, -0.25) is 4.79 Å². The third-order valence-corrected chi connectivity index (χ3v) is 6.88. The van der Waals surface area contributed by atoms with Crippen LogP contribution >= 0.6 is 11.6 Å². The van der Waals surface area contributed by atoms with Crippen molar-refractivity contribution in [3.63, 3.8) is 0 Å². The Morgan fingerprint density at radius 3 is 2.47 bits per heavy atom. The lowest BCUT2D eigenvalue weighted by molar-refractivity contribution is -0.115. The monoisotopic (exact) mass is 451 g/mol. The molecule has 0 unspecified atom stereocenters. The van der Waals surface area contributed by atoms with Crippen LogP contribution < -0.4 is 10.6 Å². The predicted molar refractivity (Wildman–Crippen MR) is 113 cm³/mol. The summed E-state index contributed by atoms with van der Waals surface area (Å²) in [6, 6.07) is 13.4. The Hall–Kier alpha value is -2.62. The van der Waals surface area contributed by atoms with Gasteiger partial charge < -0.3 is 15.4 Å². The third kappa shape index (κ3) is 5.71. The van der Waals surface area contributed by atoms with Crippen molar-refractivity contribution in [1.29, 1.82) is 0 Å². The number of benzene rings is 2. The molecule has 8 nitrogen and oxygen atoms in total. The SMILES string of the molecule is O=C(CNC(=O)OCc1ccccc1)Nc1ccc(Cl)c(S(=O)(=O)N2CCCC2)c1. The van der Waals surface area contributed by atoms with Crippen LogP contribution in [0.3, 0.4) is 0 Å². The summed E-state index contributed by atoms with van der Waals surface area (Å²) in [6.07, 6.45) is 0.876. The van der Waals surface area contributed by atoms with Crippen molar-refractivity contribution in [3.05, 3.63) is 59.1 Å². The van der Waals surface area contributed by atoms with Gasteiger partial charge in [0.1, 0.15) is 18.0 Å². The predicted octanol–water partition coefficient (Wildman–Crippen LogP) is 2.99. The molecule has 0 radical (unpaired) electrons. The highest BCUT2D eigenvalue weighted by Crippen LogP contribution is 2.29. The van der Waals surface area contributed by atoms with E-state index in [1.54, 1.807) is 0 Å². The van der Waals surface area contributed by atoms with E-state index in [1.165, 1.54) is 22.5 Å². The first kappa shape index (κ1) is 22.1. The van der Waals surface area contributed by atoms with E-state index in [0.29, 0.717) is 13.1 Å². The van der Waals surface area contributed by atoms with Crippen LogP contribution in [-0.4, -0.2) is 44.4 Å². The quantitative estimate of drug-likeness (QED) is 0.673. The Bertz CT molecular complexity index is 1010. The minimum atomic E-state index is -3.73. The van der Waals surface area contributed by atoms with Gasteiger partial charge in [0.05, 0.1) is 5.02 Å². The van der Waals surface area contributed by atoms with Gasteiger partial charge in [-0.15, -0.1) is 0 Å². The van der Waals surface area contributed by atoms with Crippen LogP contribution in [0, 0.1) is 0 Å². The number of anilines is 1. The number of amides is 2. The van der Waals surface area contributed by atoms with Crippen molar-refractivity contribution in [2.24, 2.45) is 0 Å². The fourth-order valence-electron chi connectivity index (χ4n) is 2.98. The second kappa shape index (κ2) is 9.92. The molecule has 2 aromatic carbocycles. The van der Waals surface area contributed by atoms with E-state index in [-0.39, 0.29) is 28.8 Å². The lowest BCUT2D eigenvalue weighted by atomic mass is 10.2. The standard InChI is InChI=1S/C20H22ClN3O5S/c21-17-9-8-16(12-18(17)30(27,28)24-10-4-5-11-24)23-19(25)13-22-20(26)29-14-15-6-2-1-3-7-15/h1-3,6-9,12H,4-5,10-11,13-14H2,(H,22,26)(H,23,25). The molecule has 160 valence electrons. The van der Waals surface area contributed by atoms with Gasteiger partial charge in [-0.25, -0.2) is 13.2 Å². The minimum Gasteiger partial charge on any atom is -0.445 e. The van der Waals surface area contributed by atoms with E-state index >= 15 is 0 Å². The van der Waals surface area contributed by atoms with Gasteiger partial charge in [-0.2, -0.15) is 4.31 Å². The van der Waals surface area contributed by atoms with E-state index in [2.05, 4.69) is 10.6 Å². The number of hydrogen-bond acceptors (Lipinski definition) is 5. The number of carbonyl (C=O) groups excluding carboxylic acids is 2. The highest BCUT2D eigenvalue weighted by atomic mass is 35.5. The van der Waals surface area contributed by atoms with Crippen LogP contribution in [0.25, 0.3) is 0 Å². The Kier molecular flexibility index (Phi) is 7.30. The molecule has 1 heterocycles. The van der Waals surface area contributed by atoms with Gasteiger partial charge in [0.2, 0.25) is 15.9 Å². The molecule has 1 aliphatic rings. The fourth-order valence-corrected chi connectivity index (χ4v) is 5.00. The van der Waals surface area contributed by atoms with Gasteiger partial charge in [0.25, 0.3) is 0 Å². The lowest BCUT2D eigenvalue weighted by Gasteiger charge is -2.17. The fraction of sp³-hybridized carbons (Fsp3) is 0.300. The zero-order valence-corrected chi connectivity index (χ0v) is 17.7. The van der Waals surface area contributed by atoms with Gasteiger partial charge >= 0.3 is 6.09 Å². The number of alkyl carbamates (subject to hydrolysis) is 1. The van der Waals surface area contributed by atoms with Crippen LogP contribution in [0.2, 0.25) is 5.02 Å². The molecular weight excluding hydrogens is 430 g/mol. The zero-order valence-electron chi connectivity index (χ0n) is 16.1. The molecule has 10 heteroatoms. The molecule has 2 aromatic rings. The van der Waals surface area contributed by atoms with Crippen molar-refractivity contribution in [2.75, 3.05) is 25.0 Å². The molecule has 30 heavy (non-hydrogen) atoms. The Balaban J connectivity index is 1.54. The molecular formula is C20H22ClN3O5S. The summed E-state index contributed by atoms with van der Waals surface area (Å²) in [7, 11) is -3.73. The molecule has 0 aliphatic carbocycles. The van der Waals surface area contributed by atoms with Gasteiger partial charge in [0, 0.05) is 18.8 Å². The normalized spacial score (nSPS) is 14.3. The average molecular weight is 452 g/mol. The Labute approximate surface area is 180 Å². The number of ether oxygens (including phenoxy) is 1. The maximum absolute atomic E-state index is 12.8. The van der Waals surface area contributed by atoms with Gasteiger partial charge in [0.15, 0.2) is 0 Å². The van der Waals surface area contributed by atoms with Crippen LogP contribution in [0.4, 0.5) is 10.5 Å². The topological polar surface area (TPSA) is 105 Å². The van der Waals surface area contributed by atoms with Crippen LogP contribution in [0.15, 0.2) is 53.4 Å². The molecule has 0 spiro atoms. The number of rotatable bonds is 7. The van der Waals surface area contributed by atoms with Crippen molar-refractivity contribution in [2.45, 2.75) is 24.3 Å². The first-order valence-electron chi connectivity index (χ1n) is 9.40. The number of sulfonamides is 1. The minimum absolute atomic E-state index is 0.0564. The van der Waals surface area contributed by atoms with Crippen LogP contribution in [0.1, 0.15) is 18.4 Å². The maximum Gasteiger partial charge on any atom is 0.407 e. The summed E-state index contributed by atoms with van der Waals surface area (Å²) >= 11 is 6.09. The average Bonchev–Trinajstić information content (AvgIpc) is 3.29. The van der Waals surface area contributed by atoms with Crippen LogP contribution in [-0.2, 0) is 26.2 Å². The second-order valence-electron chi connectivity index (χ2n) is 6.72. The number of nitrogens with zero attached hydrogens (tertiary/aromatic N) is 1. The third-order valence-electron chi connectivity index (χ3n) is 4.50. The molecule has 0 aromatic heterocycles. The van der Waals surface area contributed by atoms with Crippen LogP contribution in [0.5, 0.6) is 0 Å². The van der Waals surface area contributed by atoms with E-state index < -0.39 is 22.0 Å².